The Morgan fingerprint density at radius 2 is 1.95 bits per heavy atom. The largest absolute Gasteiger partial charge is 0.381 e. The lowest BCUT2D eigenvalue weighted by atomic mass is 9.82. The Bertz CT molecular complexity index is 355. The van der Waals surface area contributed by atoms with Crippen molar-refractivity contribution in [3.05, 3.63) is 35.9 Å². The second kappa shape index (κ2) is 7.04. The molecule has 1 aromatic rings. The number of likely N-dealkylation sites (N-methyl/N-ethyl adjacent to an activating group) is 1. The number of rotatable bonds is 6. The SMILES string of the molecule is CCOC1(C(Cc2ccccc2)NC)CCOCC1. The highest BCUT2D eigenvalue weighted by Crippen LogP contribution is 2.30. The zero-order valence-electron chi connectivity index (χ0n) is 12.0. The Balaban J connectivity index is 2.12. The van der Waals surface area contributed by atoms with Gasteiger partial charge in [0.2, 0.25) is 0 Å². The maximum atomic E-state index is 6.15. The van der Waals surface area contributed by atoms with E-state index in [1.807, 2.05) is 7.05 Å². The summed E-state index contributed by atoms with van der Waals surface area (Å²) in [6.07, 6.45) is 2.94. The van der Waals surface area contributed by atoms with Gasteiger partial charge in [0.25, 0.3) is 0 Å². The van der Waals surface area contributed by atoms with Crippen molar-refractivity contribution in [1.29, 1.82) is 0 Å². The summed E-state index contributed by atoms with van der Waals surface area (Å²) >= 11 is 0. The van der Waals surface area contributed by atoms with Gasteiger partial charge in [0.05, 0.1) is 5.60 Å². The molecule has 1 aliphatic heterocycles. The average Bonchev–Trinajstić information content (AvgIpc) is 2.47. The van der Waals surface area contributed by atoms with Crippen molar-refractivity contribution in [2.45, 2.75) is 37.8 Å². The Kier molecular flexibility index (Phi) is 5.37. The van der Waals surface area contributed by atoms with Crippen molar-refractivity contribution in [3.8, 4) is 0 Å². The van der Waals surface area contributed by atoms with E-state index in [-0.39, 0.29) is 5.60 Å². The number of nitrogens with one attached hydrogen (secondary N) is 1. The molecule has 1 unspecified atom stereocenters. The van der Waals surface area contributed by atoms with E-state index < -0.39 is 0 Å². The van der Waals surface area contributed by atoms with Crippen LogP contribution in [0, 0.1) is 0 Å². The Hall–Kier alpha value is -0.900. The molecule has 1 N–H and O–H groups in total. The topological polar surface area (TPSA) is 30.5 Å². The fraction of sp³-hybridized carbons (Fsp3) is 0.625. The zero-order valence-corrected chi connectivity index (χ0v) is 12.0. The summed E-state index contributed by atoms with van der Waals surface area (Å²) < 4.78 is 11.7. The number of benzene rings is 1. The fourth-order valence-electron chi connectivity index (χ4n) is 3.00. The van der Waals surface area contributed by atoms with Crippen molar-refractivity contribution in [2.75, 3.05) is 26.9 Å². The van der Waals surface area contributed by atoms with Crippen LogP contribution in [-0.4, -0.2) is 38.5 Å². The van der Waals surface area contributed by atoms with Gasteiger partial charge in [-0.2, -0.15) is 0 Å². The summed E-state index contributed by atoms with van der Waals surface area (Å²) in [5, 5.41) is 3.47. The molecule has 1 aromatic carbocycles. The Labute approximate surface area is 116 Å². The van der Waals surface area contributed by atoms with Gasteiger partial charge in [0.1, 0.15) is 0 Å². The number of hydrogen-bond acceptors (Lipinski definition) is 3. The molecule has 1 aliphatic rings. The van der Waals surface area contributed by atoms with E-state index in [1.54, 1.807) is 0 Å². The summed E-state index contributed by atoms with van der Waals surface area (Å²) in [6.45, 7) is 4.43. The molecule has 3 heteroatoms. The van der Waals surface area contributed by atoms with Crippen LogP contribution in [0.3, 0.4) is 0 Å². The molecule has 0 amide bonds. The van der Waals surface area contributed by atoms with Crippen LogP contribution in [0.4, 0.5) is 0 Å². The highest BCUT2D eigenvalue weighted by Gasteiger charge is 2.40. The first kappa shape index (κ1) is 14.5. The maximum Gasteiger partial charge on any atom is 0.0881 e. The third kappa shape index (κ3) is 3.56. The van der Waals surface area contributed by atoms with E-state index in [1.165, 1.54) is 5.56 Å². The quantitative estimate of drug-likeness (QED) is 0.855. The molecular weight excluding hydrogens is 238 g/mol. The van der Waals surface area contributed by atoms with Crippen molar-refractivity contribution >= 4 is 0 Å². The van der Waals surface area contributed by atoms with Gasteiger partial charge >= 0.3 is 0 Å². The van der Waals surface area contributed by atoms with Gasteiger partial charge in [-0.1, -0.05) is 30.3 Å². The molecule has 0 saturated carbocycles. The van der Waals surface area contributed by atoms with E-state index in [9.17, 15) is 0 Å². The number of ether oxygens (including phenoxy) is 2. The normalized spacial score (nSPS) is 20.1. The fourth-order valence-corrected chi connectivity index (χ4v) is 3.00. The van der Waals surface area contributed by atoms with E-state index in [4.69, 9.17) is 9.47 Å². The molecule has 0 spiro atoms. The Morgan fingerprint density at radius 3 is 2.53 bits per heavy atom. The van der Waals surface area contributed by atoms with Crippen LogP contribution >= 0.6 is 0 Å². The predicted octanol–water partition coefficient (Wildman–Crippen LogP) is 2.40. The lowest BCUT2D eigenvalue weighted by Gasteiger charge is -2.43. The van der Waals surface area contributed by atoms with Gasteiger partial charge in [-0.05, 0) is 26.0 Å². The van der Waals surface area contributed by atoms with Crippen LogP contribution < -0.4 is 5.32 Å². The molecule has 0 radical (unpaired) electrons. The van der Waals surface area contributed by atoms with Crippen molar-refractivity contribution < 1.29 is 9.47 Å². The van der Waals surface area contributed by atoms with E-state index >= 15 is 0 Å². The third-order valence-corrected chi connectivity index (χ3v) is 4.04. The van der Waals surface area contributed by atoms with Gasteiger partial charge < -0.3 is 14.8 Å². The summed E-state index contributed by atoms with van der Waals surface area (Å²) in [6, 6.07) is 11.0. The van der Waals surface area contributed by atoms with Crippen LogP contribution in [0.2, 0.25) is 0 Å². The third-order valence-electron chi connectivity index (χ3n) is 4.04. The lowest BCUT2D eigenvalue weighted by Crippen LogP contribution is -2.55. The Morgan fingerprint density at radius 1 is 1.26 bits per heavy atom. The molecule has 1 fully saturated rings. The molecule has 1 saturated heterocycles. The minimum atomic E-state index is -0.0857. The summed E-state index contributed by atoms with van der Waals surface area (Å²) in [5.74, 6) is 0. The first-order valence-corrected chi connectivity index (χ1v) is 7.23. The van der Waals surface area contributed by atoms with Crippen molar-refractivity contribution in [2.24, 2.45) is 0 Å². The summed E-state index contributed by atoms with van der Waals surface area (Å²) in [7, 11) is 2.03. The molecule has 2 rings (SSSR count). The molecule has 19 heavy (non-hydrogen) atoms. The van der Waals surface area contributed by atoms with Crippen LogP contribution in [0.5, 0.6) is 0 Å². The van der Waals surface area contributed by atoms with Crippen LogP contribution in [0.15, 0.2) is 30.3 Å². The summed E-state index contributed by atoms with van der Waals surface area (Å²) in [5.41, 5.74) is 1.27. The maximum absolute atomic E-state index is 6.15. The molecular formula is C16H25NO2. The smallest absolute Gasteiger partial charge is 0.0881 e. The molecule has 0 bridgehead atoms. The standard InChI is InChI=1S/C16H25NO2/c1-3-19-16(9-11-18-12-10-16)15(17-2)13-14-7-5-4-6-8-14/h4-8,15,17H,3,9-13H2,1-2H3. The zero-order chi connectivity index (χ0) is 13.6. The monoisotopic (exact) mass is 263 g/mol. The minimum Gasteiger partial charge on any atom is -0.381 e. The highest BCUT2D eigenvalue weighted by molar-refractivity contribution is 5.17. The molecule has 0 aromatic heterocycles. The van der Waals surface area contributed by atoms with Gasteiger partial charge in [-0.25, -0.2) is 0 Å². The van der Waals surface area contributed by atoms with Crippen molar-refractivity contribution in [1.82, 2.24) is 5.32 Å². The van der Waals surface area contributed by atoms with Gasteiger partial charge in [0, 0.05) is 38.7 Å². The van der Waals surface area contributed by atoms with Gasteiger partial charge in [-0.3, -0.25) is 0 Å². The second-order valence-corrected chi connectivity index (χ2v) is 5.14. The minimum absolute atomic E-state index is 0.0857. The van der Waals surface area contributed by atoms with E-state index in [2.05, 4.69) is 42.6 Å². The number of hydrogen-bond donors (Lipinski definition) is 1. The van der Waals surface area contributed by atoms with Gasteiger partial charge in [0.15, 0.2) is 0 Å². The highest BCUT2D eigenvalue weighted by atomic mass is 16.5. The van der Waals surface area contributed by atoms with Crippen LogP contribution in [0.1, 0.15) is 25.3 Å². The van der Waals surface area contributed by atoms with Crippen LogP contribution in [-0.2, 0) is 15.9 Å². The van der Waals surface area contributed by atoms with Crippen molar-refractivity contribution in [3.63, 3.8) is 0 Å². The molecule has 3 nitrogen and oxygen atoms in total. The van der Waals surface area contributed by atoms with Crippen LogP contribution in [0.25, 0.3) is 0 Å². The molecule has 1 heterocycles. The molecule has 0 aliphatic carbocycles. The lowest BCUT2D eigenvalue weighted by molar-refractivity contribution is -0.125. The average molecular weight is 263 g/mol. The molecule has 106 valence electrons. The van der Waals surface area contributed by atoms with E-state index in [0.29, 0.717) is 6.04 Å². The second-order valence-electron chi connectivity index (χ2n) is 5.14. The van der Waals surface area contributed by atoms with Gasteiger partial charge in [-0.15, -0.1) is 0 Å². The molecule has 1 atom stereocenters. The first-order chi connectivity index (χ1) is 9.30. The van der Waals surface area contributed by atoms with E-state index in [0.717, 1.165) is 39.1 Å². The first-order valence-electron chi connectivity index (χ1n) is 7.23. The summed E-state index contributed by atoms with van der Waals surface area (Å²) in [4.78, 5) is 0. The predicted molar refractivity (Wildman–Crippen MR) is 77.4 cm³/mol.